The molecule has 2 N–H and O–H groups in total. The lowest BCUT2D eigenvalue weighted by molar-refractivity contribution is -0.120. The van der Waals surface area contributed by atoms with Crippen molar-refractivity contribution in [2.75, 3.05) is 13.7 Å². The van der Waals surface area contributed by atoms with Crippen LogP contribution in [0, 0.1) is 0 Å². The Kier molecular flexibility index (Phi) is 7.50. The number of benzene rings is 2. The van der Waals surface area contributed by atoms with E-state index in [1.165, 1.54) is 24.7 Å². The zero-order valence-corrected chi connectivity index (χ0v) is 17.3. The van der Waals surface area contributed by atoms with Crippen LogP contribution in [0.2, 0.25) is 0 Å². The van der Waals surface area contributed by atoms with Gasteiger partial charge in [0.15, 0.2) is 0 Å². The summed E-state index contributed by atoms with van der Waals surface area (Å²) in [5.74, 6) is -0.431. The molecule has 0 aliphatic rings. The van der Waals surface area contributed by atoms with E-state index in [4.69, 9.17) is 9.47 Å². The number of rotatable bonds is 8. The first-order chi connectivity index (χ1) is 15.0. The first-order valence-corrected chi connectivity index (χ1v) is 10.0. The predicted octanol–water partition coefficient (Wildman–Crippen LogP) is 2.86. The van der Waals surface area contributed by atoms with Crippen molar-refractivity contribution in [2.24, 2.45) is 5.10 Å². The van der Waals surface area contributed by atoms with E-state index in [-0.39, 0.29) is 6.54 Å². The van der Waals surface area contributed by atoms with Gasteiger partial charge in [0.25, 0.3) is 11.8 Å². The van der Waals surface area contributed by atoms with Gasteiger partial charge in [0.2, 0.25) is 0 Å². The molecular formula is C22H19N3O5S. The minimum Gasteiger partial charge on any atom is -0.497 e. The standard InChI is InChI=1S/C22H19N3O5S/c1-29-17-7-3-6-16(12-17)21(27)23-14-20(26)25-24-13-15-5-2-8-18(11-15)30-22(28)19-9-4-10-31-19/h2-13H,14H2,1H3,(H,23,27)(H,25,26)/b24-13+. The molecule has 0 aliphatic carbocycles. The summed E-state index contributed by atoms with van der Waals surface area (Å²) in [7, 11) is 1.51. The van der Waals surface area contributed by atoms with Crippen LogP contribution in [0.15, 0.2) is 71.1 Å². The van der Waals surface area contributed by atoms with E-state index in [2.05, 4.69) is 15.8 Å². The molecule has 2 aromatic carbocycles. The second kappa shape index (κ2) is 10.7. The molecule has 3 aromatic rings. The Hall–Kier alpha value is -3.98. The normalized spacial score (nSPS) is 10.5. The number of ether oxygens (including phenoxy) is 2. The Labute approximate surface area is 182 Å². The van der Waals surface area contributed by atoms with Crippen LogP contribution in [-0.4, -0.2) is 37.7 Å². The Balaban J connectivity index is 1.48. The number of carbonyl (C=O) groups excluding carboxylic acids is 3. The quantitative estimate of drug-likeness (QED) is 0.244. The third-order valence-electron chi connectivity index (χ3n) is 3.94. The number of thiophene rings is 1. The van der Waals surface area contributed by atoms with Gasteiger partial charge in [-0.2, -0.15) is 5.10 Å². The fourth-order valence-electron chi connectivity index (χ4n) is 2.46. The number of carbonyl (C=O) groups is 3. The smallest absolute Gasteiger partial charge is 0.353 e. The molecule has 158 valence electrons. The highest BCUT2D eigenvalue weighted by molar-refractivity contribution is 7.12. The monoisotopic (exact) mass is 437 g/mol. The van der Waals surface area contributed by atoms with Crippen molar-refractivity contribution in [3.63, 3.8) is 0 Å². The molecule has 31 heavy (non-hydrogen) atoms. The molecule has 2 amide bonds. The number of esters is 1. The summed E-state index contributed by atoms with van der Waals surface area (Å²) in [5.41, 5.74) is 3.33. The van der Waals surface area contributed by atoms with E-state index < -0.39 is 17.8 Å². The van der Waals surface area contributed by atoms with Crippen molar-refractivity contribution in [2.45, 2.75) is 0 Å². The molecule has 0 saturated carbocycles. The van der Waals surface area contributed by atoms with Crippen LogP contribution in [0.3, 0.4) is 0 Å². The summed E-state index contributed by atoms with van der Waals surface area (Å²) in [6, 6.07) is 16.8. The summed E-state index contributed by atoms with van der Waals surface area (Å²) < 4.78 is 10.4. The number of hydrazone groups is 1. The van der Waals surface area contributed by atoms with Gasteiger partial charge in [-0.25, -0.2) is 10.2 Å². The van der Waals surface area contributed by atoms with Crippen LogP contribution in [0.1, 0.15) is 25.6 Å². The fraction of sp³-hybridized carbons (Fsp3) is 0.0909. The number of amides is 2. The average molecular weight is 437 g/mol. The molecule has 0 fully saturated rings. The topological polar surface area (TPSA) is 106 Å². The summed E-state index contributed by atoms with van der Waals surface area (Å²) in [4.78, 5) is 36.5. The van der Waals surface area contributed by atoms with Gasteiger partial charge >= 0.3 is 5.97 Å². The maximum absolute atomic E-state index is 12.1. The third kappa shape index (κ3) is 6.51. The predicted molar refractivity (Wildman–Crippen MR) is 117 cm³/mol. The third-order valence-corrected chi connectivity index (χ3v) is 4.79. The molecule has 1 aromatic heterocycles. The maximum Gasteiger partial charge on any atom is 0.353 e. The van der Waals surface area contributed by atoms with Crippen LogP contribution in [0.5, 0.6) is 11.5 Å². The van der Waals surface area contributed by atoms with Crippen LogP contribution < -0.4 is 20.2 Å². The molecule has 8 nitrogen and oxygen atoms in total. The van der Waals surface area contributed by atoms with Crippen molar-refractivity contribution in [3.05, 3.63) is 82.0 Å². The first kappa shape index (κ1) is 21.7. The van der Waals surface area contributed by atoms with Gasteiger partial charge in [-0.15, -0.1) is 11.3 Å². The molecule has 3 rings (SSSR count). The van der Waals surface area contributed by atoms with E-state index in [0.29, 0.717) is 27.5 Å². The molecule has 0 saturated heterocycles. The lowest BCUT2D eigenvalue weighted by Crippen LogP contribution is -2.34. The number of hydrogen-bond acceptors (Lipinski definition) is 7. The summed E-state index contributed by atoms with van der Waals surface area (Å²) in [6.07, 6.45) is 1.41. The van der Waals surface area contributed by atoms with Crippen molar-refractivity contribution in [1.29, 1.82) is 0 Å². The largest absolute Gasteiger partial charge is 0.497 e. The lowest BCUT2D eigenvalue weighted by atomic mass is 10.2. The van der Waals surface area contributed by atoms with Crippen LogP contribution in [0.25, 0.3) is 0 Å². The lowest BCUT2D eigenvalue weighted by Gasteiger charge is -2.06. The number of methoxy groups -OCH3 is 1. The summed E-state index contributed by atoms with van der Waals surface area (Å²) >= 11 is 1.29. The van der Waals surface area contributed by atoms with Crippen molar-refractivity contribution < 1.29 is 23.9 Å². The Morgan fingerprint density at radius 3 is 2.61 bits per heavy atom. The highest BCUT2D eigenvalue weighted by atomic mass is 32.1. The zero-order valence-electron chi connectivity index (χ0n) is 16.5. The maximum atomic E-state index is 12.1. The van der Waals surface area contributed by atoms with E-state index in [0.717, 1.165) is 0 Å². The van der Waals surface area contributed by atoms with E-state index in [1.54, 1.807) is 66.0 Å². The van der Waals surface area contributed by atoms with E-state index in [1.807, 2.05) is 0 Å². The molecule has 0 unspecified atom stereocenters. The van der Waals surface area contributed by atoms with Gasteiger partial charge in [0, 0.05) is 5.56 Å². The van der Waals surface area contributed by atoms with Gasteiger partial charge in [-0.05, 0) is 47.3 Å². The van der Waals surface area contributed by atoms with Crippen LogP contribution in [-0.2, 0) is 4.79 Å². The van der Waals surface area contributed by atoms with Gasteiger partial charge in [-0.3, -0.25) is 9.59 Å². The van der Waals surface area contributed by atoms with Crippen LogP contribution >= 0.6 is 11.3 Å². The number of nitrogens with one attached hydrogen (secondary N) is 2. The fourth-order valence-corrected chi connectivity index (χ4v) is 3.05. The summed E-state index contributed by atoms with van der Waals surface area (Å²) in [6.45, 7) is -0.244. The Morgan fingerprint density at radius 2 is 1.84 bits per heavy atom. The van der Waals surface area contributed by atoms with E-state index >= 15 is 0 Å². The highest BCUT2D eigenvalue weighted by Crippen LogP contribution is 2.16. The second-order valence-electron chi connectivity index (χ2n) is 6.15. The number of nitrogens with zero attached hydrogens (tertiary/aromatic N) is 1. The van der Waals surface area contributed by atoms with Crippen molar-refractivity contribution in [1.82, 2.24) is 10.7 Å². The molecule has 0 aliphatic heterocycles. The molecule has 1 heterocycles. The van der Waals surface area contributed by atoms with Gasteiger partial charge < -0.3 is 14.8 Å². The zero-order chi connectivity index (χ0) is 22.1. The Morgan fingerprint density at radius 1 is 1.03 bits per heavy atom. The summed E-state index contributed by atoms with van der Waals surface area (Å²) in [5, 5.41) is 8.15. The minimum absolute atomic E-state index is 0.244. The molecule has 0 spiro atoms. The molecule has 0 bridgehead atoms. The van der Waals surface area contributed by atoms with Gasteiger partial charge in [-0.1, -0.05) is 24.3 Å². The number of hydrogen-bond donors (Lipinski definition) is 2. The minimum atomic E-state index is -0.493. The highest BCUT2D eigenvalue weighted by Gasteiger charge is 2.10. The van der Waals surface area contributed by atoms with Crippen LogP contribution in [0.4, 0.5) is 0 Å². The molecular weight excluding hydrogens is 418 g/mol. The average Bonchev–Trinajstić information content (AvgIpc) is 3.33. The van der Waals surface area contributed by atoms with Gasteiger partial charge in [0.05, 0.1) is 19.9 Å². The SMILES string of the molecule is COc1cccc(C(=O)NCC(=O)N/N=C/c2cccc(OC(=O)c3cccs3)c2)c1. The first-order valence-electron chi connectivity index (χ1n) is 9.15. The van der Waals surface area contributed by atoms with Crippen molar-refractivity contribution in [3.8, 4) is 11.5 Å². The van der Waals surface area contributed by atoms with Gasteiger partial charge in [0.1, 0.15) is 16.4 Å². The molecule has 0 radical (unpaired) electrons. The van der Waals surface area contributed by atoms with E-state index in [9.17, 15) is 14.4 Å². The molecule has 0 atom stereocenters. The molecule has 9 heteroatoms. The van der Waals surface area contributed by atoms with Crippen molar-refractivity contribution >= 4 is 35.3 Å². The second-order valence-corrected chi connectivity index (χ2v) is 7.09. The Bertz CT molecular complexity index is 1100.